The molecule has 2 aromatic heterocycles. The summed E-state index contributed by atoms with van der Waals surface area (Å²) in [5, 5.41) is 27.8. The van der Waals surface area contributed by atoms with Crippen LogP contribution in [0.25, 0.3) is 0 Å². The van der Waals surface area contributed by atoms with E-state index in [0.717, 1.165) is 11.1 Å². The van der Waals surface area contributed by atoms with Crippen molar-refractivity contribution in [2.75, 3.05) is 13.1 Å². The molecule has 3 amide bonds. The van der Waals surface area contributed by atoms with Gasteiger partial charge in [0.25, 0.3) is 5.91 Å². The zero-order chi connectivity index (χ0) is 26.5. The van der Waals surface area contributed by atoms with Crippen molar-refractivity contribution in [3.05, 3.63) is 83.8 Å². The van der Waals surface area contributed by atoms with Gasteiger partial charge in [-0.2, -0.15) is 0 Å². The molecule has 0 aliphatic carbocycles. The van der Waals surface area contributed by atoms with Crippen LogP contribution in [-0.4, -0.2) is 51.2 Å². The minimum Gasteiger partial charge on any atom is -0.465 e. The van der Waals surface area contributed by atoms with Gasteiger partial charge in [0, 0.05) is 31.9 Å². The Morgan fingerprint density at radius 3 is 2.49 bits per heavy atom. The lowest BCUT2D eigenvalue weighted by atomic mass is 9.94. The van der Waals surface area contributed by atoms with Gasteiger partial charge in [0.05, 0.1) is 6.54 Å². The monoisotopic (exact) mass is 509 g/mol. The second-order valence-electron chi connectivity index (χ2n) is 8.56. The number of oxazole rings is 1. The van der Waals surface area contributed by atoms with Gasteiger partial charge in [-0.25, -0.2) is 9.78 Å². The van der Waals surface area contributed by atoms with Gasteiger partial charge >= 0.3 is 6.09 Å². The summed E-state index contributed by atoms with van der Waals surface area (Å²) in [6, 6.07) is 13.1. The summed E-state index contributed by atoms with van der Waals surface area (Å²) in [5.74, 6) is -0.835. The van der Waals surface area contributed by atoms with Gasteiger partial charge in [-0.05, 0) is 42.9 Å². The first-order chi connectivity index (χ1) is 17.9. The smallest absolute Gasteiger partial charge is 0.404 e. The van der Waals surface area contributed by atoms with Gasteiger partial charge in [-0.3, -0.25) is 14.6 Å². The zero-order valence-electron chi connectivity index (χ0n) is 20.4. The molecule has 0 saturated heterocycles. The van der Waals surface area contributed by atoms with Crippen LogP contribution in [0.4, 0.5) is 4.79 Å². The lowest BCUT2D eigenvalue weighted by Gasteiger charge is -2.25. The molecule has 0 fully saturated rings. The molecule has 3 aromatic rings. The molecule has 0 aliphatic rings. The van der Waals surface area contributed by atoms with Crippen LogP contribution < -0.4 is 16.0 Å². The van der Waals surface area contributed by atoms with E-state index in [1.807, 2.05) is 36.4 Å². The number of carbonyl (C=O) groups excluding carboxylic acids is 2. The van der Waals surface area contributed by atoms with Crippen LogP contribution in [0.5, 0.6) is 0 Å². The van der Waals surface area contributed by atoms with Gasteiger partial charge in [-0.15, -0.1) is 0 Å². The largest absolute Gasteiger partial charge is 0.465 e. The highest BCUT2D eigenvalue weighted by atomic mass is 16.4. The number of rotatable bonds is 14. The predicted octanol–water partition coefficient (Wildman–Crippen LogP) is 2.37. The first-order valence-electron chi connectivity index (χ1n) is 12.0. The van der Waals surface area contributed by atoms with E-state index in [1.165, 1.54) is 6.26 Å². The van der Waals surface area contributed by atoms with Gasteiger partial charge in [0.15, 0.2) is 11.3 Å². The van der Waals surface area contributed by atoms with Crippen molar-refractivity contribution in [1.29, 1.82) is 0 Å². The second-order valence-corrected chi connectivity index (χ2v) is 8.56. The third-order valence-electron chi connectivity index (χ3n) is 5.67. The fourth-order valence-corrected chi connectivity index (χ4v) is 3.57. The number of nitrogens with zero attached hydrogens (tertiary/aromatic N) is 2. The highest BCUT2D eigenvalue weighted by Gasteiger charge is 2.35. The van der Waals surface area contributed by atoms with E-state index in [1.54, 1.807) is 18.5 Å². The van der Waals surface area contributed by atoms with Crippen molar-refractivity contribution in [2.24, 2.45) is 0 Å². The molecule has 0 bridgehead atoms. The van der Waals surface area contributed by atoms with E-state index in [4.69, 9.17) is 9.52 Å². The maximum Gasteiger partial charge on any atom is 0.404 e. The molecular weight excluding hydrogens is 478 g/mol. The first kappa shape index (κ1) is 27.3. The number of amides is 3. The Kier molecular flexibility index (Phi) is 10.1. The van der Waals surface area contributed by atoms with E-state index in [0.29, 0.717) is 19.3 Å². The quantitative estimate of drug-likeness (QED) is 0.207. The summed E-state index contributed by atoms with van der Waals surface area (Å²) in [6.07, 6.45) is 5.19. The summed E-state index contributed by atoms with van der Waals surface area (Å²) >= 11 is 0. The third kappa shape index (κ3) is 9.04. The van der Waals surface area contributed by atoms with Crippen LogP contribution in [-0.2, 0) is 23.4 Å². The molecule has 0 saturated carbocycles. The Morgan fingerprint density at radius 2 is 1.76 bits per heavy atom. The maximum absolute atomic E-state index is 12.6. The van der Waals surface area contributed by atoms with Crippen molar-refractivity contribution >= 4 is 17.9 Å². The standard InChI is InChI=1S/C26H31N5O6/c32-22(10-4-5-14-28-25(34)35)30-18-26(36,12-11-19-7-2-1-3-8-19)24-31-21(17-37-24)23(33)29-16-20-9-6-13-27-15-20/h1-3,6-9,13,15,17,28,36H,4-5,10-12,14,16,18H2,(H,29,33)(H,30,32)(H,34,35). The van der Waals surface area contributed by atoms with Crippen LogP contribution in [0, 0.1) is 0 Å². The van der Waals surface area contributed by atoms with Crippen molar-refractivity contribution in [3.8, 4) is 0 Å². The molecule has 0 spiro atoms. The fourth-order valence-electron chi connectivity index (χ4n) is 3.57. The lowest BCUT2D eigenvalue weighted by Crippen LogP contribution is -2.41. The summed E-state index contributed by atoms with van der Waals surface area (Å²) in [7, 11) is 0. The molecule has 1 aromatic carbocycles. The number of carbonyl (C=O) groups is 3. The van der Waals surface area contributed by atoms with E-state index in [9.17, 15) is 19.5 Å². The second kappa shape index (κ2) is 13.7. The molecule has 11 nitrogen and oxygen atoms in total. The fraction of sp³-hybridized carbons (Fsp3) is 0.346. The predicted molar refractivity (Wildman–Crippen MR) is 133 cm³/mol. The summed E-state index contributed by atoms with van der Waals surface area (Å²) in [6.45, 7) is 0.347. The third-order valence-corrected chi connectivity index (χ3v) is 5.67. The Labute approximate surface area is 214 Å². The minimum absolute atomic E-state index is 0.00860. The van der Waals surface area contributed by atoms with E-state index >= 15 is 0 Å². The first-order valence-corrected chi connectivity index (χ1v) is 12.0. The molecule has 2 heterocycles. The number of aromatic nitrogens is 2. The van der Waals surface area contributed by atoms with E-state index in [2.05, 4.69) is 25.9 Å². The number of pyridine rings is 1. The topological polar surface area (TPSA) is 167 Å². The number of carboxylic acid groups (broad SMARTS) is 1. The highest BCUT2D eigenvalue weighted by Crippen LogP contribution is 2.26. The Balaban J connectivity index is 1.62. The average Bonchev–Trinajstić information content (AvgIpc) is 3.42. The van der Waals surface area contributed by atoms with E-state index < -0.39 is 17.6 Å². The number of nitrogens with one attached hydrogen (secondary N) is 3. The Hall–Kier alpha value is -4.25. The van der Waals surface area contributed by atoms with Crippen molar-refractivity contribution in [2.45, 2.75) is 44.2 Å². The molecule has 0 aliphatic heterocycles. The van der Waals surface area contributed by atoms with E-state index in [-0.39, 0.29) is 50.0 Å². The van der Waals surface area contributed by atoms with Gasteiger partial charge < -0.3 is 30.6 Å². The van der Waals surface area contributed by atoms with Crippen molar-refractivity contribution in [3.63, 3.8) is 0 Å². The molecule has 3 rings (SSSR count). The Morgan fingerprint density at radius 1 is 0.973 bits per heavy atom. The minimum atomic E-state index is -1.65. The average molecular weight is 510 g/mol. The Bertz CT molecular complexity index is 1150. The van der Waals surface area contributed by atoms with Crippen LogP contribution >= 0.6 is 0 Å². The number of hydrogen-bond donors (Lipinski definition) is 5. The summed E-state index contributed by atoms with van der Waals surface area (Å²) < 4.78 is 5.51. The zero-order valence-corrected chi connectivity index (χ0v) is 20.4. The SMILES string of the molecule is O=C(O)NCCCCC(=O)NCC(O)(CCc1ccccc1)c1nc(C(=O)NCc2cccnc2)co1. The normalized spacial score (nSPS) is 12.4. The number of aliphatic hydroxyl groups is 1. The molecule has 0 radical (unpaired) electrons. The lowest BCUT2D eigenvalue weighted by molar-refractivity contribution is -0.123. The highest BCUT2D eigenvalue weighted by molar-refractivity contribution is 5.91. The maximum atomic E-state index is 12.6. The van der Waals surface area contributed by atoms with Gasteiger partial charge in [0.2, 0.25) is 11.8 Å². The van der Waals surface area contributed by atoms with Gasteiger partial charge in [0.1, 0.15) is 6.26 Å². The number of unbranched alkanes of at least 4 members (excludes halogenated alkanes) is 1. The van der Waals surface area contributed by atoms with Crippen molar-refractivity contribution in [1.82, 2.24) is 25.9 Å². The van der Waals surface area contributed by atoms with Gasteiger partial charge in [-0.1, -0.05) is 36.4 Å². The van der Waals surface area contributed by atoms with Crippen LogP contribution in [0.3, 0.4) is 0 Å². The van der Waals surface area contributed by atoms with Crippen LogP contribution in [0.15, 0.2) is 65.5 Å². The molecule has 11 heteroatoms. The van der Waals surface area contributed by atoms with Crippen LogP contribution in [0.1, 0.15) is 53.2 Å². The van der Waals surface area contributed by atoms with Crippen LogP contribution in [0.2, 0.25) is 0 Å². The number of aryl methyl sites for hydroxylation is 1. The molecular formula is C26H31N5O6. The summed E-state index contributed by atoms with van der Waals surface area (Å²) in [4.78, 5) is 43.6. The molecule has 37 heavy (non-hydrogen) atoms. The molecule has 1 atom stereocenters. The number of hydrogen-bond acceptors (Lipinski definition) is 7. The molecule has 196 valence electrons. The molecule has 5 N–H and O–H groups in total. The number of benzene rings is 1. The summed E-state index contributed by atoms with van der Waals surface area (Å²) in [5.41, 5.74) is 0.159. The molecule has 1 unspecified atom stereocenters. The van der Waals surface area contributed by atoms with Crippen molar-refractivity contribution < 1.29 is 29.0 Å².